The molecule has 0 atom stereocenters. The molecule has 2 heterocycles. The molecular weight excluding hydrogens is 326 g/mol. The summed E-state index contributed by atoms with van der Waals surface area (Å²) in [4.78, 5) is 10.3. The summed E-state index contributed by atoms with van der Waals surface area (Å²) in [6, 6.07) is 1.03. The second-order valence-corrected chi connectivity index (χ2v) is 7.20. The van der Waals surface area contributed by atoms with E-state index in [0.29, 0.717) is 6.54 Å². The van der Waals surface area contributed by atoms with E-state index < -0.39 is 14.9 Å². The molecule has 0 radical (unpaired) electrons. The molecule has 0 spiro atoms. The van der Waals surface area contributed by atoms with Gasteiger partial charge in [-0.1, -0.05) is 15.8 Å². The minimum Gasteiger partial charge on any atom is -0.372 e. The maximum Gasteiger partial charge on any atom is 0.304 e. The van der Waals surface area contributed by atoms with Crippen molar-refractivity contribution in [2.75, 3.05) is 16.6 Å². The maximum absolute atomic E-state index is 12.1. The Labute approximate surface area is 122 Å². The van der Waals surface area contributed by atoms with Gasteiger partial charge in [0.15, 0.2) is 5.00 Å². The second kappa shape index (κ2) is 5.68. The Bertz CT molecular complexity index is 709. The fraction of sp³-hybridized carbons (Fsp3) is 0.250. The first-order valence-electron chi connectivity index (χ1n) is 5.26. The van der Waals surface area contributed by atoms with Crippen LogP contribution >= 0.6 is 22.9 Å². The fourth-order valence-corrected chi connectivity index (χ4v) is 4.39. The van der Waals surface area contributed by atoms with Crippen LogP contribution in [0.15, 0.2) is 16.5 Å². The number of hydrogen-bond donors (Lipinski definition) is 2. The smallest absolute Gasteiger partial charge is 0.304 e. The lowest BCUT2D eigenvalue weighted by atomic mass is 10.5. The van der Waals surface area contributed by atoms with Gasteiger partial charge in [-0.05, 0) is 6.92 Å². The van der Waals surface area contributed by atoms with E-state index in [0.717, 1.165) is 28.9 Å². The summed E-state index contributed by atoms with van der Waals surface area (Å²) in [5.74, 6) is 0. The Morgan fingerprint density at radius 1 is 1.50 bits per heavy atom. The Hall–Kier alpha value is -1.79. The number of aromatic nitrogens is 2. The van der Waals surface area contributed by atoms with Gasteiger partial charge in [0.1, 0.15) is 9.21 Å². The Morgan fingerprint density at radius 3 is 2.80 bits per heavy atom. The van der Waals surface area contributed by atoms with Crippen LogP contribution in [0.4, 0.5) is 15.7 Å². The molecule has 0 bridgehead atoms. The molecule has 9 nitrogen and oxygen atoms in total. The van der Waals surface area contributed by atoms with Gasteiger partial charge in [-0.2, -0.15) is 0 Å². The van der Waals surface area contributed by atoms with E-state index in [-0.39, 0.29) is 19.9 Å². The number of rotatable bonds is 6. The Morgan fingerprint density at radius 2 is 2.25 bits per heavy atom. The number of nitro groups is 1. The third kappa shape index (κ3) is 3.02. The molecule has 2 aromatic heterocycles. The van der Waals surface area contributed by atoms with Gasteiger partial charge < -0.3 is 5.32 Å². The largest absolute Gasteiger partial charge is 0.372 e. The highest BCUT2D eigenvalue weighted by Crippen LogP contribution is 2.37. The van der Waals surface area contributed by atoms with Crippen LogP contribution < -0.4 is 10.0 Å². The maximum atomic E-state index is 12.1. The van der Waals surface area contributed by atoms with Crippen molar-refractivity contribution >= 4 is 48.6 Å². The highest BCUT2D eigenvalue weighted by Gasteiger charge is 2.26. The summed E-state index contributed by atoms with van der Waals surface area (Å²) >= 11 is 1.68. The summed E-state index contributed by atoms with van der Waals surface area (Å²) < 4.78 is 29.8. The molecule has 0 amide bonds. The minimum absolute atomic E-state index is 0.145. The van der Waals surface area contributed by atoms with Crippen molar-refractivity contribution in [3.8, 4) is 0 Å². The number of hydrogen-bond acceptors (Lipinski definition) is 9. The van der Waals surface area contributed by atoms with Gasteiger partial charge in [0.2, 0.25) is 0 Å². The van der Waals surface area contributed by atoms with Crippen LogP contribution in [0.1, 0.15) is 6.92 Å². The van der Waals surface area contributed by atoms with Crippen LogP contribution in [-0.4, -0.2) is 29.5 Å². The summed E-state index contributed by atoms with van der Waals surface area (Å²) in [5, 5.41) is 17.6. The average Bonchev–Trinajstić information content (AvgIpc) is 2.98. The van der Waals surface area contributed by atoms with Crippen molar-refractivity contribution in [1.82, 2.24) is 9.59 Å². The zero-order valence-corrected chi connectivity index (χ0v) is 12.5. The number of nitrogens with zero attached hydrogens (tertiary/aromatic N) is 3. The highest BCUT2D eigenvalue weighted by molar-refractivity contribution is 7.95. The number of nitrogens with one attached hydrogen (secondary N) is 2. The van der Waals surface area contributed by atoms with E-state index >= 15 is 0 Å². The molecule has 12 heteroatoms. The van der Waals surface area contributed by atoms with E-state index in [4.69, 9.17) is 0 Å². The van der Waals surface area contributed by atoms with Crippen molar-refractivity contribution in [1.29, 1.82) is 0 Å². The predicted octanol–water partition coefficient (Wildman–Crippen LogP) is 1.74. The molecule has 0 fully saturated rings. The van der Waals surface area contributed by atoms with E-state index in [1.165, 1.54) is 6.20 Å². The first-order valence-corrected chi connectivity index (χ1v) is 8.33. The van der Waals surface area contributed by atoms with Crippen LogP contribution in [0.3, 0.4) is 0 Å². The highest BCUT2D eigenvalue weighted by atomic mass is 32.2. The fourth-order valence-electron chi connectivity index (χ4n) is 1.31. The van der Waals surface area contributed by atoms with Gasteiger partial charge in [-0.25, -0.2) is 8.42 Å². The van der Waals surface area contributed by atoms with Crippen LogP contribution in [0, 0.1) is 10.1 Å². The number of anilines is 2. The Balaban J connectivity index is 2.36. The zero-order valence-electron chi connectivity index (χ0n) is 10.1. The molecule has 0 aliphatic rings. The van der Waals surface area contributed by atoms with E-state index in [9.17, 15) is 18.5 Å². The SMILES string of the molecule is CCNc1sc(S(=O)(=O)Nc2cnns2)cc1[N+](=O)[O-]. The van der Waals surface area contributed by atoms with Crippen molar-refractivity contribution in [2.45, 2.75) is 11.1 Å². The number of thiophene rings is 1. The lowest BCUT2D eigenvalue weighted by Gasteiger charge is -2.01. The standard InChI is InChI=1S/C8H9N5O4S3/c1-2-9-8-5(13(14)15)3-7(18-8)20(16,17)11-6-4-10-12-19-6/h3-4,9,11H,2H2,1H3. The van der Waals surface area contributed by atoms with Gasteiger partial charge in [-0.15, -0.1) is 5.10 Å². The minimum atomic E-state index is -3.88. The molecule has 2 rings (SSSR count). The van der Waals surface area contributed by atoms with Gasteiger partial charge in [-0.3, -0.25) is 14.8 Å². The first-order chi connectivity index (χ1) is 9.44. The molecule has 0 aliphatic heterocycles. The lowest BCUT2D eigenvalue weighted by molar-refractivity contribution is -0.383. The molecular formula is C8H9N5O4S3. The normalized spacial score (nSPS) is 11.2. The molecule has 108 valence electrons. The van der Waals surface area contributed by atoms with Crippen molar-refractivity contribution in [3.05, 3.63) is 22.4 Å². The van der Waals surface area contributed by atoms with Crippen LogP contribution in [0.2, 0.25) is 0 Å². The summed E-state index contributed by atoms with van der Waals surface area (Å²) in [6.45, 7) is 2.21. The molecule has 0 aromatic carbocycles. The van der Waals surface area contributed by atoms with E-state index in [2.05, 4.69) is 19.6 Å². The van der Waals surface area contributed by atoms with Crippen molar-refractivity contribution in [2.24, 2.45) is 0 Å². The van der Waals surface area contributed by atoms with Crippen LogP contribution in [-0.2, 0) is 10.0 Å². The summed E-state index contributed by atoms with van der Waals surface area (Å²) in [7, 11) is -3.88. The van der Waals surface area contributed by atoms with Crippen molar-refractivity contribution < 1.29 is 13.3 Å². The van der Waals surface area contributed by atoms with Gasteiger partial charge in [0, 0.05) is 24.1 Å². The Kier molecular flexibility index (Phi) is 4.15. The third-order valence-electron chi connectivity index (χ3n) is 2.09. The van der Waals surface area contributed by atoms with Crippen molar-refractivity contribution in [3.63, 3.8) is 0 Å². The average molecular weight is 335 g/mol. The van der Waals surface area contributed by atoms with Gasteiger partial charge in [0.25, 0.3) is 10.0 Å². The molecule has 0 aliphatic carbocycles. The summed E-state index contributed by atoms with van der Waals surface area (Å²) in [5.41, 5.74) is -0.264. The third-order valence-corrected chi connectivity index (χ3v) is 5.72. The monoisotopic (exact) mass is 335 g/mol. The predicted molar refractivity (Wildman–Crippen MR) is 75.9 cm³/mol. The van der Waals surface area contributed by atoms with E-state index in [1.807, 2.05) is 0 Å². The molecule has 20 heavy (non-hydrogen) atoms. The molecule has 2 N–H and O–H groups in total. The second-order valence-electron chi connectivity index (χ2n) is 3.45. The molecule has 2 aromatic rings. The van der Waals surface area contributed by atoms with Gasteiger partial charge in [0.05, 0.1) is 11.1 Å². The first kappa shape index (κ1) is 14.6. The quantitative estimate of drug-likeness (QED) is 0.608. The molecule has 0 unspecified atom stereocenters. The lowest BCUT2D eigenvalue weighted by Crippen LogP contribution is -2.10. The van der Waals surface area contributed by atoms with Crippen LogP contribution in [0.5, 0.6) is 0 Å². The topological polar surface area (TPSA) is 127 Å². The summed E-state index contributed by atoms with van der Waals surface area (Å²) in [6.07, 6.45) is 1.26. The molecule has 0 saturated heterocycles. The zero-order chi connectivity index (χ0) is 14.8. The number of sulfonamides is 1. The van der Waals surface area contributed by atoms with Gasteiger partial charge >= 0.3 is 5.69 Å². The van der Waals surface area contributed by atoms with Crippen LogP contribution in [0.25, 0.3) is 0 Å². The van der Waals surface area contributed by atoms with E-state index in [1.54, 1.807) is 6.92 Å². The molecule has 0 saturated carbocycles.